The van der Waals surface area contributed by atoms with Crippen molar-refractivity contribution in [1.82, 2.24) is 0 Å². The van der Waals surface area contributed by atoms with Crippen molar-refractivity contribution in [3.8, 4) is 0 Å². The van der Waals surface area contributed by atoms with Gasteiger partial charge in [-0.15, -0.1) is 0 Å². The fraction of sp³-hybridized carbons (Fsp3) is 0.550. The molecular weight excluding hydrogens is 348 g/mol. The van der Waals surface area contributed by atoms with Crippen LogP contribution in [0.3, 0.4) is 0 Å². The molecule has 0 aliphatic heterocycles. The number of aliphatic imine (C=N–C) groups is 1. The van der Waals surface area contributed by atoms with Crippen molar-refractivity contribution < 1.29 is 23.9 Å². The van der Waals surface area contributed by atoms with E-state index in [0.717, 1.165) is 5.56 Å². The topological polar surface area (TPSA) is 94.1 Å². The van der Waals surface area contributed by atoms with E-state index in [1.807, 2.05) is 46.8 Å². The first-order chi connectivity index (χ1) is 12.6. The zero-order valence-corrected chi connectivity index (χ0v) is 16.8. The molecule has 7 heteroatoms. The van der Waals surface area contributed by atoms with Crippen molar-refractivity contribution in [2.45, 2.75) is 65.7 Å². The van der Waals surface area contributed by atoms with Crippen molar-refractivity contribution in [1.29, 1.82) is 0 Å². The molecule has 0 spiro atoms. The van der Waals surface area contributed by atoms with Crippen molar-refractivity contribution in [2.75, 3.05) is 11.9 Å². The van der Waals surface area contributed by atoms with Crippen LogP contribution in [0.1, 0.15) is 58.6 Å². The Balaban J connectivity index is 3.18. The van der Waals surface area contributed by atoms with Gasteiger partial charge in [0.1, 0.15) is 0 Å². The molecule has 0 bridgehead atoms. The Hall–Kier alpha value is -2.50. The van der Waals surface area contributed by atoms with Crippen LogP contribution in [0.2, 0.25) is 0 Å². The normalized spacial score (nSPS) is 12.3. The largest absolute Gasteiger partial charge is 0.459 e. The summed E-state index contributed by atoms with van der Waals surface area (Å²) in [7, 11) is 0. The first-order valence-electron chi connectivity index (χ1n) is 8.93. The van der Waals surface area contributed by atoms with Crippen molar-refractivity contribution in [3.63, 3.8) is 0 Å². The zero-order valence-electron chi connectivity index (χ0n) is 16.8. The molecule has 1 atom stereocenters. The number of nitrogens with zero attached hydrogens (tertiary/aromatic N) is 1. The van der Waals surface area contributed by atoms with E-state index in [0.29, 0.717) is 11.3 Å². The lowest BCUT2D eigenvalue weighted by Crippen LogP contribution is -2.29. The second-order valence-electron chi connectivity index (χ2n) is 7.36. The van der Waals surface area contributed by atoms with Gasteiger partial charge >= 0.3 is 11.9 Å². The monoisotopic (exact) mass is 376 g/mol. The summed E-state index contributed by atoms with van der Waals surface area (Å²) < 4.78 is 10.5. The average molecular weight is 376 g/mol. The molecule has 7 nitrogen and oxygen atoms in total. The van der Waals surface area contributed by atoms with Gasteiger partial charge in [-0.05, 0) is 50.8 Å². The van der Waals surface area contributed by atoms with Gasteiger partial charge in [0.2, 0.25) is 6.08 Å². The molecule has 0 aliphatic carbocycles. The van der Waals surface area contributed by atoms with Crippen LogP contribution in [0, 0.1) is 0 Å². The maximum atomic E-state index is 12.1. The maximum Gasteiger partial charge on any atom is 0.397 e. The lowest BCUT2D eigenvalue weighted by molar-refractivity contribution is -0.152. The molecule has 1 aromatic carbocycles. The highest BCUT2D eigenvalue weighted by atomic mass is 16.5. The molecule has 0 heterocycles. The van der Waals surface area contributed by atoms with E-state index in [4.69, 9.17) is 9.47 Å². The minimum Gasteiger partial charge on any atom is -0.459 e. The zero-order chi connectivity index (χ0) is 20.6. The van der Waals surface area contributed by atoms with E-state index in [1.165, 1.54) is 6.08 Å². The minimum atomic E-state index is -0.952. The van der Waals surface area contributed by atoms with Gasteiger partial charge in [-0.25, -0.2) is 9.59 Å². The van der Waals surface area contributed by atoms with Gasteiger partial charge < -0.3 is 14.8 Å². The van der Waals surface area contributed by atoms with Crippen molar-refractivity contribution >= 4 is 23.6 Å². The number of esters is 1. The molecule has 0 saturated heterocycles. The average Bonchev–Trinajstić information content (AvgIpc) is 2.55. The quantitative estimate of drug-likeness (QED) is 0.341. The summed E-state index contributed by atoms with van der Waals surface area (Å²) in [5.74, 6) is -1.58. The molecule has 0 aliphatic rings. The van der Waals surface area contributed by atoms with Crippen LogP contribution in [-0.2, 0) is 30.3 Å². The summed E-state index contributed by atoms with van der Waals surface area (Å²) in [6.07, 6.45) is 1.00. The highest BCUT2D eigenvalue weighted by Gasteiger charge is 2.22. The highest BCUT2D eigenvalue weighted by Crippen LogP contribution is 2.26. The Bertz CT molecular complexity index is 716. The van der Waals surface area contributed by atoms with Crippen LogP contribution in [0.15, 0.2) is 23.2 Å². The minimum absolute atomic E-state index is 0.112. The molecular formula is C20H28N2O5. The highest BCUT2D eigenvalue weighted by molar-refractivity contribution is 6.37. The van der Waals surface area contributed by atoms with Gasteiger partial charge in [-0.2, -0.15) is 4.99 Å². The molecule has 0 saturated carbocycles. The summed E-state index contributed by atoms with van der Waals surface area (Å²) in [4.78, 5) is 38.2. The van der Waals surface area contributed by atoms with Gasteiger partial charge in [0.25, 0.3) is 0 Å². The van der Waals surface area contributed by atoms with Gasteiger partial charge in [0.15, 0.2) is 6.23 Å². The Morgan fingerprint density at radius 2 is 1.93 bits per heavy atom. The van der Waals surface area contributed by atoms with Gasteiger partial charge in [-0.3, -0.25) is 4.79 Å². The third-order valence-corrected chi connectivity index (χ3v) is 3.59. The smallest absolute Gasteiger partial charge is 0.397 e. The van der Waals surface area contributed by atoms with Gasteiger partial charge in [-0.1, -0.05) is 26.0 Å². The number of anilines is 1. The summed E-state index contributed by atoms with van der Waals surface area (Å²) in [6, 6.07) is 5.56. The van der Waals surface area contributed by atoms with Crippen LogP contribution in [0.5, 0.6) is 0 Å². The Morgan fingerprint density at radius 1 is 1.26 bits per heavy atom. The van der Waals surface area contributed by atoms with Crippen LogP contribution in [0.25, 0.3) is 0 Å². The van der Waals surface area contributed by atoms with Gasteiger partial charge in [0.05, 0.1) is 12.2 Å². The van der Waals surface area contributed by atoms with E-state index in [2.05, 4.69) is 10.3 Å². The second-order valence-corrected chi connectivity index (χ2v) is 7.36. The number of ether oxygens (including phenoxy) is 2. The van der Waals surface area contributed by atoms with Crippen LogP contribution in [-0.4, -0.2) is 36.4 Å². The molecule has 148 valence electrons. The van der Waals surface area contributed by atoms with E-state index >= 15 is 0 Å². The molecule has 1 unspecified atom stereocenters. The number of hydrogen-bond donors (Lipinski definition) is 1. The van der Waals surface area contributed by atoms with Crippen LogP contribution < -0.4 is 5.32 Å². The van der Waals surface area contributed by atoms with E-state index in [-0.39, 0.29) is 18.9 Å². The van der Waals surface area contributed by atoms with E-state index in [1.54, 1.807) is 13.0 Å². The Morgan fingerprint density at radius 3 is 2.44 bits per heavy atom. The number of benzene rings is 1. The third-order valence-electron chi connectivity index (χ3n) is 3.59. The van der Waals surface area contributed by atoms with Crippen molar-refractivity contribution in [3.05, 3.63) is 29.3 Å². The lowest BCUT2D eigenvalue weighted by Gasteiger charge is -2.25. The van der Waals surface area contributed by atoms with E-state index < -0.39 is 23.7 Å². The number of amides is 1. The Labute approximate surface area is 160 Å². The first kappa shape index (κ1) is 22.5. The summed E-state index contributed by atoms with van der Waals surface area (Å²) in [6.45, 7) is 11.3. The number of hydrogen-bond acceptors (Lipinski definition) is 6. The lowest BCUT2D eigenvalue weighted by atomic mass is 9.98. The van der Waals surface area contributed by atoms with E-state index in [9.17, 15) is 14.4 Å². The number of isocyanates is 1. The molecule has 1 aromatic rings. The third kappa shape index (κ3) is 7.72. The second kappa shape index (κ2) is 10.00. The molecule has 0 aromatic heterocycles. The molecule has 0 fully saturated rings. The fourth-order valence-electron chi connectivity index (χ4n) is 2.39. The Kier molecular flexibility index (Phi) is 8.34. The summed E-state index contributed by atoms with van der Waals surface area (Å²) in [5.41, 5.74) is 1.62. The predicted molar refractivity (Wildman–Crippen MR) is 102 cm³/mol. The van der Waals surface area contributed by atoms with Crippen LogP contribution in [0.4, 0.5) is 5.69 Å². The molecule has 0 radical (unpaired) electrons. The number of carbonyl (C=O) groups is 2. The SMILES string of the molecule is CCOC(=O)C(=O)Nc1cc(C(C)C)ccc1CC(N=C=O)OC(C)(C)C. The standard InChI is InChI=1S/C20H28N2O5/c1-7-26-19(25)18(24)22-16-10-14(13(2)3)8-9-15(16)11-17(21-12-23)27-20(4,5)6/h8-10,13,17H,7,11H2,1-6H3,(H,22,24). The van der Waals surface area contributed by atoms with Gasteiger partial charge in [0, 0.05) is 12.1 Å². The maximum absolute atomic E-state index is 12.1. The van der Waals surface area contributed by atoms with Crippen LogP contribution >= 0.6 is 0 Å². The van der Waals surface area contributed by atoms with Crippen molar-refractivity contribution in [2.24, 2.45) is 4.99 Å². The summed E-state index contributed by atoms with van der Waals surface area (Å²) >= 11 is 0. The first-order valence-corrected chi connectivity index (χ1v) is 8.93. The molecule has 1 amide bonds. The molecule has 1 rings (SSSR count). The molecule has 27 heavy (non-hydrogen) atoms. The number of nitrogens with one attached hydrogen (secondary N) is 1. The fourth-order valence-corrected chi connectivity index (χ4v) is 2.39. The molecule has 1 N–H and O–H groups in total. The summed E-state index contributed by atoms with van der Waals surface area (Å²) in [5, 5.41) is 2.59. The number of rotatable bonds is 7. The number of carbonyl (C=O) groups excluding carboxylic acids is 3. The predicted octanol–water partition coefficient (Wildman–Crippen LogP) is 3.33.